The zero-order valence-corrected chi connectivity index (χ0v) is 34.3. The Morgan fingerprint density at radius 3 is 1.78 bits per heavy atom. The maximum Gasteiger partial charge on any atom is 0.119 e. The van der Waals surface area contributed by atoms with Gasteiger partial charge in [0.05, 0.1) is 5.03 Å². The van der Waals surface area contributed by atoms with Crippen LogP contribution in [0.2, 0.25) is 0 Å². The molecule has 0 fully saturated rings. The maximum absolute atomic E-state index is 6.87. The van der Waals surface area contributed by atoms with E-state index in [1.165, 1.54) is 27.5 Å². The molecule has 54 heavy (non-hydrogen) atoms. The summed E-state index contributed by atoms with van der Waals surface area (Å²) in [5.74, 6) is 0.879. The molecule has 0 N–H and O–H groups in total. The lowest BCUT2D eigenvalue weighted by Gasteiger charge is -2.21. The number of ether oxygens (including phenoxy) is 1. The molecule has 282 valence electrons. The quantitative estimate of drug-likeness (QED) is 0.109. The van der Waals surface area contributed by atoms with Crippen LogP contribution in [0.4, 0.5) is 0 Å². The van der Waals surface area contributed by atoms with Gasteiger partial charge in [0.25, 0.3) is 0 Å². The third kappa shape index (κ3) is 12.1. The van der Waals surface area contributed by atoms with Crippen molar-refractivity contribution < 1.29 is 4.74 Å². The van der Waals surface area contributed by atoms with E-state index in [1.54, 1.807) is 0 Å². The van der Waals surface area contributed by atoms with Crippen LogP contribution in [0.3, 0.4) is 0 Å². The lowest BCUT2D eigenvalue weighted by Crippen LogP contribution is -2.27. The normalized spacial score (nSPS) is 11.8. The number of nitrogens with zero attached hydrogens (tertiary/aromatic N) is 2. The first-order valence-electron chi connectivity index (χ1n) is 18.9. The molecule has 0 amide bonds. The van der Waals surface area contributed by atoms with Crippen molar-refractivity contribution in [1.82, 2.24) is 9.80 Å². The van der Waals surface area contributed by atoms with E-state index in [-0.39, 0.29) is 17.8 Å². The van der Waals surface area contributed by atoms with Crippen LogP contribution in [-0.4, -0.2) is 43.1 Å². The highest BCUT2D eigenvalue weighted by atomic mass is 35.5. The van der Waals surface area contributed by atoms with Crippen molar-refractivity contribution in [1.29, 1.82) is 0 Å². The van der Waals surface area contributed by atoms with Crippen molar-refractivity contribution in [2.45, 2.75) is 53.1 Å². The van der Waals surface area contributed by atoms with Gasteiger partial charge in [0.15, 0.2) is 0 Å². The molecule has 0 bridgehead atoms. The minimum absolute atomic E-state index is 0. The minimum atomic E-state index is 0. The van der Waals surface area contributed by atoms with E-state index in [4.69, 9.17) is 16.3 Å². The SMILES string of the molecule is CCN(CC)CCOc1ccc(/C(=C(\Cl)c2ccccc2)c2ccccc2)cc1.CN(Cc1ccc(C(C)(C)C)cc1)Cc1cccc2ccccc12.Cl. The van der Waals surface area contributed by atoms with Crippen molar-refractivity contribution in [2.24, 2.45) is 0 Å². The van der Waals surface area contributed by atoms with Crippen molar-refractivity contribution in [3.63, 3.8) is 0 Å². The number of benzene rings is 6. The van der Waals surface area contributed by atoms with Gasteiger partial charge >= 0.3 is 0 Å². The summed E-state index contributed by atoms with van der Waals surface area (Å²) in [5, 5.41) is 3.42. The minimum Gasteiger partial charge on any atom is -0.492 e. The molecular weight excluding hydrogens is 703 g/mol. The van der Waals surface area contributed by atoms with Crippen molar-refractivity contribution in [3.05, 3.63) is 185 Å². The zero-order valence-electron chi connectivity index (χ0n) is 32.8. The van der Waals surface area contributed by atoms with Crippen LogP contribution < -0.4 is 4.74 Å². The second-order valence-electron chi connectivity index (χ2n) is 14.6. The Labute approximate surface area is 335 Å². The van der Waals surface area contributed by atoms with Crippen LogP contribution in [0.15, 0.2) is 152 Å². The Balaban J connectivity index is 0.000000240. The summed E-state index contributed by atoms with van der Waals surface area (Å²) in [6, 6.07) is 52.8. The van der Waals surface area contributed by atoms with E-state index in [0.29, 0.717) is 6.61 Å². The van der Waals surface area contributed by atoms with Gasteiger partial charge in [-0.2, -0.15) is 0 Å². The lowest BCUT2D eigenvalue weighted by atomic mass is 9.87. The van der Waals surface area contributed by atoms with Crippen LogP contribution in [0.1, 0.15) is 68.0 Å². The van der Waals surface area contributed by atoms with E-state index in [9.17, 15) is 0 Å². The van der Waals surface area contributed by atoms with Crippen molar-refractivity contribution >= 4 is 45.4 Å². The Kier molecular flexibility index (Phi) is 16.4. The number of fused-ring (bicyclic) bond motifs is 1. The Hall–Kier alpha value is -4.38. The molecular formula is C49H56Cl2N2O. The fraction of sp³-hybridized carbons (Fsp3) is 0.265. The third-order valence-corrected chi connectivity index (χ3v) is 10.0. The van der Waals surface area contributed by atoms with Gasteiger partial charge in [-0.1, -0.05) is 186 Å². The van der Waals surface area contributed by atoms with Gasteiger partial charge in [0.1, 0.15) is 12.4 Å². The number of halogens is 2. The van der Waals surface area contributed by atoms with Gasteiger partial charge in [0.2, 0.25) is 0 Å². The van der Waals surface area contributed by atoms with Gasteiger partial charge in [0, 0.05) is 25.2 Å². The molecule has 0 aliphatic rings. The number of hydrogen-bond donors (Lipinski definition) is 0. The standard InChI is InChI=1S/C26H28ClNO.C23H27N.ClH/c1-3-28(4-2)19-20-29-24-17-15-22(16-18-24)25(21-11-7-5-8-12-21)26(27)23-13-9-6-10-14-23;1-23(2,3)21-14-12-18(13-15-21)16-24(4)17-20-10-7-9-19-8-5-6-11-22(19)20;/h5-18H,3-4,19-20H2,1-2H3;5-15H,16-17H2,1-4H3;1H/b26-25-;;. The largest absolute Gasteiger partial charge is 0.492 e. The zero-order chi connectivity index (χ0) is 37.6. The summed E-state index contributed by atoms with van der Waals surface area (Å²) in [6.07, 6.45) is 0. The molecule has 6 aromatic carbocycles. The maximum atomic E-state index is 6.87. The van der Waals surface area contributed by atoms with E-state index < -0.39 is 0 Å². The smallest absolute Gasteiger partial charge is 0.119 e. The molecule has 5 heteroatoms. The Morgan fingerprint density at radius 1 is 0.611 bits per heavy atom. The Morgan fingerprint density at radius 2 is 1.17 bits per heavy atom. The van der Waals surface area contributed by atoms with Gasteiger partial charge < -0.3 is 9.64 Å². The van der Waals surface area contributed by atoms with E-state index >= 15 is 0 Å². The van der Waals surface area contributed by atoms with Crippen LogP contribution in [0.25, 0.3) is 21.4 Å². The van der Waals surface area contributed by atoms with E-state index in [2.05, 4.69) is 142 Å². The summed E-state index contributed by atoms with van der Waals surface area (Å²) in [7, 11) is 2.19. The number of rotatable bonds is 13. The molecule has 0 aromatic heterocycles. The molecule has 6 rings (SSSR count). The summed E-state index contributed by atoms with van der Waals surface area (Å²) in [6.45, 7) is 16.8. The molecule has 0 saturated carbocycles. The summed E-state index contributed by atoms with van der Waals surface area (Å²) < 4.78 is 5.94. The highest BCUT2D eigenvalue weighted by molar-refractivity contribution is 6.53. The fourth-order valence-electron chi connectivity index (χ4n) is 6.50. The molecule has 0 atom stereocenters. The van der Waals surface area contributed by atoms with Gasteiger partial charge in [-0.25, -0.2) is 0 Å². The molecule has 0 spiro atoms. The average molecular weight is 760 g/mol. The molecule has 3 nitrogen and oxygen atoms in total. The van der Waals surface area contributed by atoms with E-state index in [0.717, 1.165) is 65.8 Å². The molecule has 0 unspecified atom stereocenters. The lowest BCUT2D eigenvalue weighted by molar-refractivity contribution is 0.223. The average Bonchev–Trinajstić information content (AvgIpc) is 3.18. The number of likely N-dealkylation sites (N-methyl/N-ethyl adjacent to an activating group) is 1. The highest BCUT2D eigenvalue weighted by Gasteiger charge is 2.14. The monoisotopic (exact) mass is 758 g/mol. The topological polar surface area (TPSA) is 15.7 Å². The molecule has 0 aliphatic heterocycles. The molecule has 6 aromatic rings. The highest BCUT2D eigenvalue weighted by Crippen LogP contribution is 2.35. The van der Waals surface area contributed by atoms with Crippen LogP contribution >= 0.6 is 24.0 Å². The van der Waals surface area contributed by atoms with E-state index in [1.807, 2.05) is 60.7 Å². The predicted octanol–water partition coefficient (Wildman–Crippen LogP) is 12.8. The van der Waals surface area contributed by atoms with Crippen LogP contribution in [0, 0.1) is 0 Å². The second kappa shape index (κ2) is 20.9. The van der Waals surface area contributed by atoms with Crippen LogP contribution in [-0.2, 0) is 18.5 Å². The summed E-state index contributed by atoms with van der Waals surface area (Å²) in [4.78, 5) is 4.73. The molecule has 0 saturated heterocycles. The van der Waals surface area contributed by atoms with Crippen molar-refractivity contribution in [3.8, 4) is 5.75 Å². The Bertz CT molecular complexity index is 2010. The first kappa shape index (κ1) is 42.4. The fourth-order valence-corrected chi connectivity index (χ4v) is 6.85. The van der Waals surface area contributed by atoms with Gasteiger partial charge in [-0.3, -0.25) is 4.90 Å². The first-order chi connectivity index (χ1) is 25.7. The first-order valence-corrected chi connectivity index (χ1v) is 19.2. The molecule has 0 radical (unpaired) electrons. The number of hydrogen-bond acceptors (Lipinski definition) is 3. The molecule has 0 heterocycles. The third-order valence-electron chi connectivity index (χ3n) is 9.62. The summed E-state index contributed by atoms with van der Waals surface area (Å²) >= 11 is 6.87. The van der Waals surface area contributed by atoms with Gasteiger partial charge in [-0.05, 0) is 81.8 Å². The second-order valence-corrected chi connectivity index (χ2v) is 15.0. The predicted molar refractivity (Wildman–Crippen MR) is 236 cm³/mol. The molecule has 0 aliphatic carbocycles. The summed E-state index contributed by atoms with van der Waals surface area (Å²) in [5.41, 5.74) is 8.56. The van der Waals surface area contributed by atoms with Crippen LogP contribution in [0.5, 0.6) is 5.75 Å². The van der Waals surface area contributed by atoms with Gasteiger partial charge in [-0.15, -0.1) is 12.4 Å². The van der Waals surface area contributed by atoms with Crippen molar-refractivity contribution in [2.75, 3.05) is 33.3 Å².